The minimum atomic E-state index is -0.451. The van der Waals surface area contributed by atoms with Gasteiger partial charge in [-0.05, 0) is 6.42 Å². The summed E-state index contributed by atoms with van der Waals surface area (Å²) in [5.41, 5.74) is 0. The topological polar surface area (TPSA) is 90.9 Å². The highest BCUT2D eigenvalue weighted by atomic mass is 16.6. The van der Waals surface area contributed by atoms with E-state index < -0.39 is 5.97 Å². The first-order chi connectivity index (χ1) is 14.3. The van der Waals surface area contributed by atoms with Crippen molar-refractivity contribution >= 4 is 5.97 Å². The lowest BCUT2D eigenvalue weighted by Gasteiger charge is -2.08. The van der Waals surface area contributed by atoms with Crippen LogP contribution in [-0.2, 0) is 42.7 Å². The molecule has 0 radical (unpaired) electrons. The molecule has 172 valence electrons. The third kappa shape index (κ3) is 24.9. The maximum Gasteiger partial charge on any atom is 0.330 e. The van der Waals surface area contributed by atoms with E-state index in [9.17, 15) is 4.79 Å². The molecule has 9 heteroatoms. The highest BCUT2D eigenvalue weighted by molar-refractivity contribution is 5.81. The van der Waals surface area contributed by atoms with Crippen molar-refractivity contribution in [2.45, 2.75) is 13.3 Å². The van der Waals surface area contributed by atoms with Crippen molar-refractivity contribution in [3.8, 4) is 0 Å². The van der Waals surface area contributed by atoms with Gasteiger partial charge in [0.25, 0.3) is 0 Å². The Morgan fingerprint density at radius 1 is 0.552 bits per heavy atom. The standard InChI is InChI=1S/C20H38O9/c1-3-5-22-6-7-23-8-9-24-10-11-25-12-13-26-14-15-27-16-17-28-18-19-29-20(21)4-2/h4H,2-3,5-19H2,1H3. The molecule has 0 rings (SSSR count). The average molecular weight is 423 g/mol. The number of hydrogen-bond acceptors (Lipinski definition) is 9. The van der Waals surface area contributed by atoms with E-state index in [4.69, 9.17) is 37.9 Å². The van der Waals surface area contributed by atoms with Crippen LogP contribution in [0.2, 0.25) is 0 Å². The minimum absolute atomic E-state index is 0.210. The van der Waals surface area contributed by atoms with E-state index in [1.807, 2.05) is 0 Å². The first-order valence-corrected chi connectivity index (χ1v) is 10.1. The van der Waals surface area contributed by atoms with Crippen LogP contribution in [-0.4, -0.2) is 105 Å². The lowest BCUT2D eigenvalue weighted by atomic mass is 10.5. The first kappa shape index (κ1) is 27.9. The molecule has 0 N–H and O–H groups in total. The summed E-state index contributed by atoms with van der Waals surface area (Å²) < 4.78 is 42.2. The monoisotopic (exact) mass is 422 g/mol. The molecule has 0 spiro atoms. The van der Waals surface area contributed by atoms with Crippen LogP contribution in [0.4, 0.5) is 0 Å². The summed E-state index contributed by atoms with van der Waals surface area (Å²) in [5.74, 6) is -0.451. The van der Waals surface area contributed by atoms with Gasteiger partial charge in [0.1, 0.15) is 6.61 Å². The summed E-state index contributed by atoms with van der Waals surface area (Å²) in [4.78, 5) is 10.8. The van der Waals surface area contributed by atoms with Gasteiger partial charge in [-0.15, -0.1) is 0 Å². The van der Waals surface area contributed by atoms with Crippen LogP contribution in [0.5, 0.6) is 0 Å². The van der Waals surface area contributed by atoms with E-state index in [0.29, 0.717) is 85.9 Å². The number of ether oxygens (including phenoxy) is 8. The SMILES string of the molecule is C=CC(=O)OCCOCCOCCOCCOCCOCCOCCOCCC. The smallest absolute Gasteiger partial charge is 0.330 e. The molecule has 0 bridgehead atoms. The molecular formula is C20H38O9. The molecule has 0 unspecified atom stereocenters. The Morgan fingerprint density at radius 3 is 1.10 bits per heavy atom. The average Bonchev–Trinajstić information content (AvgIpc) is 2.74. The minimum Gasteiger partial charge on any atom is -0.460 e. The normalized spacial score (nSPS) is 10.9. The van der Waals surface area contributed by atoms with E-state index in [1.54, 1.807) is 0 Å². The van der Waals surface area contributed by atoms with Gasteiger partial charge in [0.15, 0.2) is 0 Å². The van der Waals surface area contributed by atoms with Crippen LogP contribution >= 0.6 is 0 Å². The molecule has 29 heavy (non-hydrogen) atoms. The van der Waals surface area contributed by atoms with Gasteiger partial charge in [0.2, 0.25) is 0 Å². The fourth-order valence-electron chi connectivity index (χ4n) is 1.83. The zero-order valence-electron chi connectivity index (χ0n) is 17.8. The Morgan fingerprint density at radius 2 is 0.828 bits per heavy atom. The Kier molecular flexibility index (Phi) is 24.0. The molecule has 0 aromatic carbocycles. The number of hydrogen-bond donors (Lipinski definition) is 0. The molecule has 0 heterocycles. The highest BCUT2D eigenvalue weighted by Gasteiger charge is 1.96. The van der Waals surface area contributed by atoms with Crippen LogP contribution in [0.1, 0.15) is 13.3 Å². The lowest BCUT2D eigenvalue weighted by Crippen LogP contribution is -2.15. The molecule has 0 aliphatic heterocycles. The van der Waals surface area contributed by atoms with Crippen molar-refractivity contribution in [1.82, 2.24) is 0 Å². The third-order valence-corrected chi connectivity index (χ3v) is 3.22. The Bertz CT molecular complexity index is 353. The van der Waals surface area contributed by atoms with Crippen LogP contribution in [0, 0.1) is 0 Å². The number of rotatable bonds is 24. The number of carbonyl (C=O) groups is 1. The molecule has 0 saturated heterocycles. The largest absolute Gasteiger partial charge is 0.460 e. The van der Waals surface area contributed by atoms with Crippen molar-refractivity contribution < 1.29 is 42.7 Å². The summed E-state index contributed by atoms with van der Waals surface area (Å²) in [7, 11) is 0. The molecule has 0 atom stereocenters. The Hall–Kier alpha value is -1.07. The van der Waals surface area contributed by atoms with Gasteiger partial charge in [0, 0.05) is 12.7 Å². The van der Waals surface area contributed by atoms with Gasteiger partial charge >= 0.3 is 5.97 Å². The van der Waals surface area contributed by atoms with E-state index in [-0.39, 0.29) is 6.61 Å². The second kappa shape index (κ2) is 25.0. The van der Waals surface area contributed by atoms with Gasteiger partial charge in [-0.1, -0.05) is 13.5 Å². The van der Waals surface area contributed by atoms with Crippen molar-refractivity contribution in [1.29, 1.82) is 0 Å². The summed E-state index contributed by atoms with van der Waals surface area (Å²) in [5, 5.41) is 0. The Labute approximate surface area is 174 Å². The van der Waals surface area contributed by atoms with Crippen molar-refractivity contribution in [2.75, 3.05) is 99.1 Å². The quantitative estimate of drug-likeness (QED) is 0.129. The van der Waals surface area contributed by atoms with Crippen LogP contribution in [0.3, 0.4) is 0 Å². The van der Waals surface area contributed by atoms with Gasteiger partial charge in [0.05, 0.1) is 85.9 Å². The molecule has 0 fully saturated rings. The van der Waals surface area contributed by atoms with E-state index in [1.165, 1.54) is 0 Å². The second-order valence-electron chi connectivity index (χ2n) is 5.66. The maximum absolute atomic E-state index is 10.8. The van der Waals surface area contributed by atoms with E-state index in [2.05, 4.69) is 13.5 Å². The fourth-order valence-corrected chi connectivity index (χ4v) is 1.83. The fraction of sp³-hybridized carbons (Fsp3) is 0.850. The lowest BCUT2D eigenvalue weighted by molar-refractivity contribution is -0.139. The highest BCUT2D eigenvalue weighted by Crippen LogP contribution is 1.86. The third-order valence-electron chi connectivity index (χ3n) is 3.22. The van der Waals surface area contributed by atoms with Crippen LogP contribution in [0.15, 0.2) is 12.7 Å². The zero-order valence-corrected chi connectivity index (χ0v) is 17.8. The van der Waals surface area contributed by atoms with Gasteiger partial charge < -0.3 is 37.9 Å². The zero-order chi connectivity index (χ0) is 21.3. The second-order valence-corrected chi connectivity index (χ2v) is 5.66. The van der Waals surface area contributed by atoms with Gasteiger partial charge in [-0.2, -0.15) is 0 Å². The molecule has 0 aliphatic carbocycles. The Balaban J connectivity index is 3.01. The first-order valence-electron chi connectivity index (χ1n) is 10.1. The molecule has 0 aromatic heterocycles. The molecule has 0 aromatic rings. The summed E-state index contributed by atoms with van der Waals surface area (Å²) in [6.45, 7) is 13.0. The maximum atomic E-state index is 10.8. The van der Waals surface area contributed by atoms with Crippen molar-refractivity contribution in [3.05, 3.63) is 12.7 Å². The predicted molar refractivity (Wildman–Crippen MR) is 107 cm³/mol. The van der Waals surface area contributed by atoms with Gasteiger partial charge in [-0.25, -0.2) is 4.79 Å². The van der Waals surface area contributed by atoms with Gasteiger partial charge in [-0.3, -0.25) is 0 Å². The van der Waals surface area contributed by atoms with Crippen molar-refractivity contribution in [3.63, 3.8) is 0 Å². The molecular weight excluding hydrogens is 384 g/mol. The molecule has 0 aliphatic rings. The molecule has 0 saturated carbocycles. The summed E-state index contributed by atoms with van der Waals surface area (Å²) in [6, 6.07) is 0. The number of carbonyl (C=O) groups excluding carboxylic acids is 1. The van der Waals surface area contributed by atoms with E-state index in [0.717, 1.165) is 19.1 Å². The number of esters is 1. The molecule has 0 amide bonds. The van der Waals surface area contributed by atoms with Crippen LogP contribution < -0.4 is 0 Å². The van der Waals surface area contributed by atoms with E-state index >= 15 is 0 Å². The summed E-state index contributed by atoms with van der Waals surface area (Å²) >= 11 is 0. The van der Waals surface area contributed by atoms with Crippen molar-refractivity contribution in [2.24, 2.45) is 0 Å². The van der Waals surface area contributed by atoms with Crippen LogP contribution in [0.25, 0.3) is 0 Å². The molecule has 9 nitrogen and oxygen atoms in total. The predicted octanol–water partition coefficient (Wildman–Crippen LogP) is 1.24. The summed E-state index contributed by atoms with van der Waals surface area (Å²) in [6.07, 6.45) is 2.14.